The van der Waals surface area contributed by atoms with Crippen LogP contribution in [0.15, 0.2) is 6.07 Å². The molecule has 1 aromatic rings. The fourth-order valence-corrected chi connectivity index (χ4v) is 1.80. The summed E-state index contributed by atoms with van der Waals surface area (Å²) in [6.45, 7) is 1.36. The standard InChI is InChI=1S/C12H13NO6/c1-6(14)13-7-4-8-10(19-5-18-8)11(16-2)9(7)12(15)17-3/h4H,5H2,1-3H3,(H,13,14). The van der Waals surface area contributed by atoms with Crippen LogP contribution < -0.4 is 19.5 Å². The summed E-state index contributed by atoms with van der Waals surface area (Å²) in [6, 6.07) is 1.50. The molecule has 0 aliphatic carbocycles. The molecule has 0 fully saturated rings. The lowest BCUT2D eigenvalue weighted by Crippen LogP contribution is -2.13. The Morgan fingerprint density at radius 2 is 2.05 bits per heavy atom. The van der Waals surface area contributed by atoms with Gasteiger partial charge in [0, 0.05) is 13.0 Å². The van der Waals surface area contributed by atoms with Crippen molar-refractivity contribution in [2.24, 2.45) is 0 Å². The van der Waals surface area contributed by atoms with Gasteiger partial charge < -0.3 is 24.3 Å². The fraction of sp³-hybridized carbons (Fsp3) is 0.333. The molecule has 1 N–H and O–H groups in total. The van der Waals surface area contributed by atoms with Crippen molar-refractivity contribution in [1.82, 2.24) is 0 Å². The zero-order chi connectivity index (χ0) is 14.0. The average molecular weight is 267 g/mol. The Balaban J connectivity index is 2.64. The number of esters is 1. The summed E-state index contributed by atoms with van der Waals surface area (Å²) >= 11 is 0. The minimum absolute atomic E-state index is 0.0236. The van der Waals surface area contributed by atoms with Crippen LogP contribution in [0.1, 0.15) is 17.3 Å². The first kappa shape index (κ1) is 13.0. The van der Waals surface area contributed by atoms with E-state index in [1.807, 2.05) is 0 Å². The summed E-state index contributed by atoms with van der Waals surface area (Å²) < 4.78 is 20.3. The minimum atomic E-state index is -0.640. The Kier molecular flexibility index (Phi) is 3.46. The van der Waals surface area contributed by atoms with E-state index in [1.54, 1.807) is 0 Å². The number of carbonyl (C=O) groups excluding carboxylic acids is 2. The number of ether oxygens (including phenoxy) is 4. The number of benzene rings is 1. The predicted octanol–water partition coefficient (Wildman–Crippen LogP) is 1.17. The van der Waals surface area contributed by atoms with E-state index in [2.05, 4.69) is 5.32 Å². The molecule has 1 aliphatic heterocycles. The molecule has 0 saturated heterocycles. The Morgan fingerprint density at radius 1 is 1.32 bits per heavy atom. The molecular weight excluding hydrogens is 254 g/mol. The maximum absolute atomic E-state index is 11.8. The minimum Gasteiger partial charge on any atom is -0.492 e. The fourth-order valence-electron chi connectivity index (χ4n) is 1.80. The van der Waals surface area contributed by atoms with Gasteiger partial charge in [0.15, 0.2) is 11.5 Å². The lowest BCUT2D eigenvalue weighted by atomic mass is 10.1. The van der Waals surface area contributed by atoms with E-state index in [0.717, 1.165) is 0 Å². The molecule has 0 atom stereocenters. The summed E-state index contributed by atoms with van der Waals surface area (Å²) in [7, 11) is 2.63. The predicted molar refractivity (Wildman–Crippen MR) is 64.8 cm³/mol. The Labute approximate surface area is 109 Å². The van der Waals surface area contributed by atoms with Crippen LogP contribution in [0.5, 0.6) is 17.2 Å². The Morgan fingerprint density at radius 3 is 2.63 bits per heavy atom. The summed E-state index contributed by atoms with van der Waals surface area (Å²) in [5.41, 5.74) is 0.338. The van der Waals surface area contributed by atoms with Crippen molar-refractivity contribution in [2.75, 3.05) is 26.3 Å². The average Bonchev–Trinajstić information content (AvgIpc) is 2.83. The van der Waals surface area contributed by atoms with Crippen molar-refractivity contribution in [3.8, 4) is 17.2 Å². The molecule has 1 aromatic carbocycles. The largest absolute Gasteiger partial charge is 0.492 e. The maximum Gasteiger partial charge on any atom is 0.343 e. The second-order valence-corrected chi connectivity index (χ2v) is 3.74. The number of nitrogens with one attached hydrogen (secondary N) is 1. The highest BCUT2D eigenvalue weighted by atomic mass is 16.7. The van der Waals surface area contributed by atoms with Crippen LogP contribution in [-0.4, -0.2) is 32.9 Å². The molecule has 1 aliphatic rings. The van der Waals surface area contributed by atoms with Gasteiger partial charge >= 0.3 is 5.97 Å². The number of methoxy groups -OCH3 is 2. The molecule has 1 amide bonds. The van der Waals surface area contributed by atoms with Gasteiger partial charge in [-0.2, -0.15) is 0 Å². The van der Waals surface area contributed by atoms with Crippen LogP contribution in [0.2, 0.25) is 0 Å². The molecular formula is C12H13NO6. The van der Waals surface area contributed by atoms with Crippen LogP contribution in [0, 0.1) is 0 Å². The van der Waals surface area contributed by atoms with E-state index in [0.29, 0.717) is 11.5 Å². The quantitative estimate of drug-likeness (QED) is 0.828. The van der Waals surface area contributed by atoms with Crippen molar-refractivity contribution >= 4 is 17.6 Å². The van der Waals surface area contributed by atoms with Gasteiger partial charge in [0.05, 0.1) is 19.9 Å². The number of hydrogen-bond donors (Lipinski definition) is 1. The van der Waals surface area contributed by atoms with E-state index in [-0.39, 0.29) is 29.7 Å². The highest BCUT2D eigenvalue weighted by molar-refractivity contribution is 6.04. The summed E-state index contributed by atoms with van der Waals surface area (Å²) in [4.78, 5) is 23.0. The first-order chi connectivity index (χ1) is 9.08. The highest BCUT2D eigenvalue weighted by Crippen LogP contribution is 2.47. The van der Waals surface area contributed by atoms with E-state index in [4.69, 9.17) is 18.9 Å². The van der Waals surface area contributed by atoms with Crippen LogP contribution in [0.25, 0.3) is 0 Å². The molecule has 1 heterocycles. The molecule has 102 valence electrons. The first-order valence-corrected chi connectivity index (χ1v) is 5.45. The van der Waals surface area contributed by atoms with Crippen LogP contribution in [0.4, 0.5) is 5.69 Å². The third-order valence-electron chi connectivity index (χ3n) is 2.52. The number of amides is 1. The summed E-state index contributed by atoms with van der Waals surface area (Å²) in [5, 5.41) is 2.54. The molecule has 0 saturated carbocycles. The van der Waals surface area contributed by atoms with E-state index >= 15 is 0 Å². The van der Waals surface area contributed by atoms with Gasteiger partial charge in [-0.25, -0.2) is 4.79 Å². The Hall–Kier alpha value is -2.44. The smallest absolute Gasteiger partial charge is 0.343 e. The van der Waals surface area contributed by atoms with Crippen LogP contribution >= 0.6 is 0 Å². The van der Waals surface area contributed by atoms with Crippen LogP contribution in [-0.2, 0) is 9.53 Å². The van der Waals surface area contributed by atoms with E-state index in [1.165, 1.54) is 27.2 Å². The van der Waals surface area contributed by atoms with Gasteiger partial charge in [-0.1, -0.05) is 0 Å². The van der Waals surface area contributed by atoms with Gasteiger partial charge in [-0.3, -0.25) is 4.79 Å². The van der Waals surface area contributed by atoms with Crippen molar-refractivity contribution in [2.45, 2.75) is 6.92 Å². The zero-order valence-electron chi connectivity index (χ0n) is 10.7. The number of anilines is 1. The van der Waals surface area contributed by atoms with Crippen molar-refractivity contribution < 1.29 is 28.5 Å². The topological polar surface area (TPSA) is 83.1 Å². The Bertz CT molecular complexity index is 540. The molecule has 0 bridgehead atoms. The third-order valence-corrected chi connectivity index (χ3v) is 2.52. The molecule has 7 heteroatoms. The maximum atomic E-state index is 11.8. The lowest BCUT2D eigenvalue weighted by molar-refractivity contribution is -0.114. The van der Waals surface area contributed by atoms with Gasteiger partial charge in [-0.15, -0.1) is 0 Å². The molecule has 19 heavy (non-hydrogen) atoms. The summed E-state index contributed by atoms with van der Waals surface area (Å²) in [5.74, 6) is -0.0826. The molecule has 0 radical (unpaired) electrons. The molecule has 2 rings (SSSR count). The van der Waals surface area contributed by atoms with E-state index < -0.39 is 5.97 Å². The van der Waals surface area contributed by atoms with Gasteiger partial charge in [-0.05, 0) is 0 Å². The normalized spacial score (nSPS) is 11.9. The number of fused-ring (bicyclic) bond motifs is 1. The van der Waals surface area contributed by atoms with Gasteiger partial charge in [0.2, 0.25) is 18.4 Å². The first-order valence-electron chi connectivity index (χ1n) is 5.45. The molecule has 0 unspecified atom stereocenters. The zero-order valence-corrected chi connectivity index (χ0v) is 10.7. The number of carbonyl (C=O) groups is 2. The van der Waals surface area contributed by atoms with Gasteiger partial charge in [0.25, 0.3) is 0 Å². The third kappa shape index (κ3) is 2.26. The van der Waals surface area contributed by atoms with Crippen LogP contribution in [0.3, 0.4) is 0 Å². The molecule has 0 spiro atoms. The van der Waals surface area contributed by atoms with Gasteiger partial charge in [0.1, 0.15) is 5.56 Å². The van der Waals surface area contributed by atoms with E-state index in [9.17, 15) is 9.59 Å². The second kappa shape index (κ2) is 5.05. The van der Waals surface area contributed by atoms with Crippen molar-refractivity contribution in [3.05, 3.63) is 11.6 Å². The number of hydrogen-bond acceptors (Lipinski definition) is 6. The molecule has 7 nitrogen and oxygen atoms in total. The van der Waals surface area contributed by atoms with Crippen molar-refractivity contribution in [3.63, 3.8) is 0 Å². The highest BCUT2D eigenvalue weighted by Gasteiger charge is 2.29. The second-order valence-electron chi connectivity index (χ2n) is 3.74. The summed E-state index contributed by atoms with van der Waals surface area (Å²) in [6.07, 6.45) is 0. The SMILES string of the molecule is COC(=O)c1c(NC(C)=O)cc2c(c1OC)OCO2. The monoisotopic (exact) mass is 267 g/mol. The molecule has 0 aromatic heterocycles. The van der Waals surface area contributed by atoms with Crippen molar-refractivity contribution in [1.29, 1.82) is 0 Å². The lowest BCUT2D eigenvalue weighted by Gasteiger charge is -2.14. The number of rotatable bonds is 3.